The zero-order valence-corrected chi connectivity index (χ0v) is 9.16. The van der Waals surface area contributed by atoms with Crippen LogP contribution < -0.4 is 0 Å². The van der Waals surface area contributed by atoms with Crippen molar-refractivity contribution in [3.05, 3.63) is 0 Å². The third-order valence-electron chi connectivity index (χ3n) is 3.10. The minimum absolute atomic E-state index is 0.171. The Morgan fingerprint density at radius 2 is 1.77 bits per heavy atom. The van der Waals surface area contributed by atoms with E-state index in [1.54, 1.807) is 0 Å². The van der Waals surface area contributed by atoms with Crippen molar-refractivity contribution in [1.29, 1.82) is 0 Å². The molecule has 1 atom stereocenters. The molecule has 0 aromatic rings. The monoisotopic (exact) mass is 185 g/mol. The highest BCUT2D eigenvalue weighted by Gasteiger charge is 2.21. The Labute approximate surface area is 81.9 Å². The molecule has 1 fully saturated rings. The van der Waals surface area contributed by atoms with Crippen LogP contribution in [0.4, 0.5) is 0 Å². The molecule has 1 rings (SSSR count). The van der Waals surface area contributed by atoms with Gasteiger partial charge in [-0.3, -0.25) is 0 Å². The molecule has 0 aromatic carbocycles. The maximum absolute atomic E-state index is 9.24. The van der Waals surface area contributed by atoms with Gasteiger partial charge in [-0.1, -0.05) is 13.8 Å². The molecule has 0 aromatic heterocycles. The summed E-state index contributed by atoms with van der Waals surface area (Å²) < 4.78 is 0. The molecule has 1 aliphatic rings. The number of β-amino-alcohol motifs (C(OH)–C–C–N with tert-alkyl or cyclic N) is 1. The molecule has 1 saturated heterocycles. The summed E-state index contributed by atoms with van der Waals surface area (Å²) in [5.41, 5.74) is 0. The minimum atomic E-state index is -0.171. The summed E-state index contributed by atoms with van der Waals surface area (Å²) in [4.78, 5) is 2.38. The fraction of sp³-hybridized carbons (Fsp3) is 1.00. The summed E-state index contributed by atoms with van der Waals surface area (Å²) in [5.74, 6) is 1.74. The molecular weight excluding hydrogens is 162 g/mol. The Bertz CT molecular complexity index is 137. The van der Waals surface area contributed by atoms with E-state index in [4.69, 9.17) is 0 Å². The fourth-order valence-electron chi connectivity index (χ4n) is 2.18. The predicted octanol–water partition coefficient (Wildman–Crippen LogP) is 1.74. The van der Waals surface area contributed by atoms with Crippen molar-refractivity contribution >= 4 is 0 Å². The summed E-state index contributed by atoms with van der Waals surface area (Å²) in [6.07, 6.45) is 2.45. The molecule has 0 aliphatic carbocycles. The van der Waals surface area contributed by atoms with Crippen LogP contribution in [-0.2, 0) is 0 Å². The van der Waals surface area contributed by atoms with Gasteiger partial charge >= 0.3 is 0 Å². The average molecular weight is 185 g/mol. The Balaban J connectivity index is 2.22. The lowest BCUT2D eigenvalue weighted by Gasteiger charge is -2.34. The van der Waals surface area contributed by atoms with E-state index in [-0.39, 0.29) is 6.10 Å². The normalized spacial score (nSPS) is 23.8. The van der Waals surface area contributed by atoms with Crippen molar-refractivity contribution in [3.8, 4) is 0 Å². The van der Waals surface area contributed by atoms with Gasteiger partial charge in [0.15, 0.2) is 0 Å². The van der Waals surface area contributed by atoms with E-state index in [0.29, 0.717) is 0 Å². The first-order valence-corrected chi connectivity index (χ1v) is 5.50. The second-order valence-electron chi connectivity index (χ2n) is 4.73. The van der Waals surface area contributed by atoms with Gasteiger partial charge in [-0.25, -0.2) is 0 Å². The van der Waals surface area contributed by atoms with Gasteiger partial charge in [-0.2, -0.15) is 0 Å². The van der Waals surface area contributed by atoms with E-state index in [0.717, 1.165) is 18.4 Å². The molecule has 0 bridgehead atoms. The van der Waals surface area contributed by atoms with Crippen LogP contribution in [0.15, 0.2) is 0 Å². The predicted molar refractivity (Wildman–Crippen MR) is 55.7 cm³/mol. The summed E-state index contributed by atoms with van der Waals surface area (Å²) >= 11 is 0. The number of hydrogen-bond donors (Lipinski definition) is 1. The lowest BCUT2D eigenvalue weighted by Crippen LogP contribution is -2.39. The van der Waals surface area contributed by atoms with Crippen molar-refractivity contribution in [1.82, 2.24) is 4.90 Å². The molecule has 2 heteroatoms. The number of nitrogens with zero attached hydrogens (tertiary/aromatic N) is 1. The van der Waals surface area contributed by atoms with Gasteiger partial charge in [0, 0.05) is 6.54 Å². The smallest absolute Gasteiger partial charge is 0.0639 e. The molecule has 0 radical (unpaired) electrons. The SMILES string of the molecule is CC(C)C1CCN(C[C@@H](C)O)CC1. The Kier molecular flexibility index (Phi) is 4.20. The van der Waals surface area contributed by atoms with Gasteiger partial charge in [0.2, 0.25) is 0 Å². The maximum Gasteiger partial charge on any atom is 0.0639 e. The van der Waals surface area contributed by atoms with Crippen LogP contribution in [0, 0.1) is 11.8 Å². The number of aliphatic hydroxyl groups is 1. The zero-order valence-electron chi connectivity index (χ0n) is 9.16. The molecule has 78 valence electrons. The highest BCUT2D eigenvalue weighted by atomic mass is 16.3. The van der Waals surface area contributed by atoms with Crippen LogP contribution >= 0.6 is 0 Å². The van der Waals surface area contributed by atoms with Crippen LogP contribution in [-0.4, -0.2) is 35.7 Å². The van der Waals surface area contributed by atoms with E-state index >= 15 is 0 Å². The zero-order chi connectivity index (χ0) is 9.84. The summed E-state index contributed by atoms with van der Waals surface area (Å²) in [6.45, 7) is 9.70. The summed E-state index contributed by atoms with van der Waals surface area (Å²) in [7, 11) is 0. The molecule has 13 heavy (non-hydrogen) atoms. The van der Waals surface area contributed by atoms with Gasteiger partial charge in [0.25, 0.3) is 0 Å². The average Bonchev–Trinajstić information content (AvgIpc) is 2.04. The molecule has 0 unspecified atom stereocenters. The van der Waals surface area contributed by atoms with E-state index < -0.39 is 0 Å². The molecular formula is C11H23NO. The first-order chi connectivity index (χ1) is 6.09. The van der Waals surface area contributed by atoms with Gasteiger partial charge < -0.3 is 10.0 Å². The Morgan fingerprint density at radius 3 is 2.15 bits per heavy atom. The molecule has 2 nitrogen and oxygen atoms in total. The van der Waals surface area contributed by atoms with Crippen molar-refractivity contribution in [2.45, 2.75) is 39.7 Å². The molecule has 0 spiro atoms. The molecule has 1 heterocycles. The molecule has 1 N–H and O–H groups in total. The van der Waals surface area contributed by atoms with Crippen molar-refractivity contribution in [2.24, 2.45) is 11.8 Å². The minimum Gasteiger partial charge on any atom is -0.392 e. The van der Waals surface area contributed by atoms with Crippen LogP contribution in [0.1, 0.15) is 33.6 Å². The summed E-state index contributed by atoms with van der Waals surface area (Å²) in [6, 6.07) is 0. The highest BCUT2D eigenvalue weighted by Crippen LogP contribution is 2.24. The fourth-order valence-corrected chi connectivity index (χ4v) is 2.18. The number of aliphatic hydroxyl groups excluding tert-OH is 1. The van der Waals surface area contributed by atoms with Crippen LogP contribution in [0.25, 0.3) is 0 Å². The number of rotatable bonds is 3. The highest BCUT2D eigenvalue weighted by molar-refractivity contribution is 4.74. The maximum atomic E-state index is 9.24. The van der Waals surface area contributed by atoms with Gasteiger partial charge in [-0.15, -0.1) is 0 Å². The van der Waals surface area contributed by atoms with Crippen LogP contribution in [0.3, 0.4) is 0 Å². The van der Waals surface area contributed by atoms with Gasteiger partial charge in [0.05, 0.1) is 6.10 Å². The van der Waals surface area contributed by atoms with Gasteiger partial charge in [0.1, 0.15) is 0 Å². The summed E-state index contributed by atoms with van der Waals surface area (Å²) in [5, 5.41) is 9.24. The second-order valence-corrected chi connectivity index (χ2v) is 4.73. The van der Waals surface area contributed by atoms with Gasteiger partial charge in [-0.05, 0) is 44.7 Å². The van der Waals surface area contributed by atoms with Crippen LogP contribution in [0.5, 0.6) is 0 Å². The second kappa shape index (κ2) is 4.97. The van der Waals surface area contributed by atoms with E-state index in [2.05, 4.69) is 18.7 Å². The first-order valence-electron chi connectivity index (χ1n) is 5.50. The quantitative estimate of drug-likeness (QED) is 0.724. The van der Waals surface area contributed by atoms with Crippen molar-refractivity contribution in [2.75, 3.05) is 19.6 Å². The topological polar surface area (TPSA) is 23.5 Å². The lowest BCUT2D eigenvalue weighted by atomic mass is 9.87. The first kappa shape index (κ1) is 11.0. The van der Waals surface area contributed by atoms with E-state index in [1.165, 1.54) is 25.9 Å². The Hall–Kier alpha value is -0.0800. The molecule has 0 amide bonds. The van der Waals surface area contributed by atoms with Crippen LogP contribution in [0.2, 0.25) is 0 Å². The van der Waals surface area contributed by atoms with E-state index in [9.17, 15) is 5.11 Å². The molecule has 1 aliphatic heterocycles. The van der Waals surface area contributed by atoms with Crippen molar-refractivity contribution in [3.63, 3.8) is 0 Å². The largest absolute Gasteiger partial charge is 0.392 e. The third-order valence-corrected chi connectivity index (χ3v) is 3.10. The number of piperidine rings is 1. The third kappa shape index (κ3) is 3.65. The molecule has 0 saturated carbocycles. The lowest BCUT2D eigenvalue weighted by molar-refractivity contribution is 0.0914. The number of hydrogen-bond acceptors (Lipinski definition) is 2. The standard InChI is InChI=1S/C11H23NO/c1-9(2)11-4-6-12(7-5-11)8-10(3)13/h9-11,13H,4-8H2,1-3H3/t10-/m1/s1. The Morgan fingerprint density at radius 1 is 1.23 bits per heavy atom. The number of likely N-dealkylation sites (tertiary alicyclic amines) is 1. The van der Waals surface area contributed by atoms with E-state index in [1.807, 2.05) is 6.92 Å². The van der Waals surface area contributed by atoms with Crippen molar-refractivity contribution < 1.29 is 5.11 Å².